The number of nitrogens with zero attached hydrogens (tertiary/aromatic N) is 3. The number of benzene rings is 2. The van der Waals surface area contributed by atoms with E-state index in [1.54, 1.807) is 6.07 Å². The fourth-order valence-corrected chi connectivity index (χ4v) is 9.00. The lowest BCUT2D eigenvalue weighted by atomic mass is 9.87. The SMILES string of the molecule is Cc1cc(/C(=N\COCC23CCCN2CC(C)C3)NC2CCCNC2=O)c2c(c1-c1ccc(F)c3sc(N)c(C#N)c13)COC2. The molecule has 0 spiro atoms. The minimum absolute atomic E-state index is 0.0377. The zero-order chi connectivity index (χ0) is 31.3. The molecule has 7 rings (SSSR count). The fraction of sp³-hybridized carbons (Fsp3) is 0.500. The summed E-state index contributed by atoms with van der Waals surface area (Å²) < 4.78 is 27.6. The minimum Gasteiger partial charge on any atom is -0.389 e. The molecule has 236 valence electrons. The molecule has 1 aromatic heterocycles. The quantitative estimate of drug-likeness (QED) is 0.191. The molecule has 11 heteroatoms. The van der Waals surface area contributed by atoms with Crippen molar-refractivity contribution >= 4 is 38.2 Å². The number of carbonyl (C=O) groups is 1. The van der Waals surface area contributed by atoms with E-state index >= 15 is 0 Å². The van der Waals surface area contributed by atoms with Gasteiger partial charge >= 0.3 is 0 Å². The Morgan fingerprint density at radius 1 is 1.36 bits per heavy atom. The number of rotatable bonds is 7. The second-order valence-corrected chi connectivity index (χ2v) is 14.1. The first-order valence-corrected chi connectivity index (χ1v) is 16.7. The highest BCUT2D eigenvalue weighted by molar-refractivity contribution is 7.23. The summed E-state index contributed by atoms with van der Waals surface area (Å²) in [5.74, 6) is 0.839. The van der Waals surface area contributed by atoms with Crippen LogP contribution in [-0.2, 0) is 27.5 Å². The van der Waals surface area contributed by atoms with Crippen LogP contribution in [0.15, 0.2) is 23.2 Å². The highest BCUT2D eigenvalue weighted by Crippen LogP contribution is 2.45. The number of nitrogens with one attached hydrogen (secondary N) is 2. The molecule has 45 heavy (non-hydrogen) atoms. The molecule has 4 aliphatic heterocycles. The molecule has 3 unspecified atom stereocenters. The summed E-state index contributed by atoms with van der Waals surface area (Å²) >= 11 is 1.10. The Morgan fingerprint density at radius 3 is 3.02 bits per heavy atom. The number of nitrogens with two attached hydrogens (primary N) is 1. The van der Waals surface area contributed by atoms with Crippen molar-refractivity contribution in [2.45, 2.75) is 70.7 Å². The molecule has 0 aliphatic carbocycles. The maximum Gasteiger partial charge on any atom is 0.242 e. The van der Waals surface area contributed by atoms with Gasteiger partial charge < -0.3 is 25.8 Å². The molecule has 0 bridgehead atoms. The normalized spacial score (nSPS) is 24.9. The third kappa shape index (κ3) is 5.27. The average Bonchev–Trinajstić information content (AvgIpc) is 3.78. The number of amidine groups is 1. The van der Waals surface area contributed by atoms with E-state index in [1.807, 2.05) is 6.92 Å². The van der Waals surface area contributed by atoms with E-state index in [-0.39, 0.29) is 18.2 Å². The van der Waals surface area contributed by atoms with E-state index < -0.39 is 11.9 Å². The van der Waals surface area contributed by atoms with Crippen molar-refractivity contribution in [2.24, 2.45) is 10.9 Å². The Balaban J connectivity index is 1.26. The van der Waals surface area contributed by atoms with Gasteiger partial charge in [-0.15, -0.1) is 11.3 Å². The zero-order valence-corrected chi connectivity index (χ0v) is 26.6. The zero-order valence-electron chi connectivity index (χ0n) is 25.8. The number of nitrogen functional groups attached to an aromatic ring is 1. The Morgan fingerprint density at radius 2 is 2.20 bits per heavy atom. The van der Waals surface area contributed by atoms with Crippen molar-refractivity contribution in [2.75, 3.05) is 38.7 Å². The molecule has 9 nitrogen and oxygen atoms in total. The van der Waals surface area contributed by atoms with Gasteiger partial charge in [0.2, 0.25) is 5.91 Å². The summed E-state index contributed by atoms with van der Waals surface area (Å²) in [6, 6.07) is 7.01. The van der Waals surface area contributed by atoms with Crippen LogP contribution in [0.1, 0.15) is 66.8 Å². The Kier molecular flexibility index (Phi) is 8.02. The molecule has 5 heterocycles. The maximum absolute atomic E-state index is 14.9. The van der Waals surface area contributed by atoms with E-state index in [0.717, 1.165) is 77.1 Å². The number of anilines is 1. The van der Waals surface area contributed by atoms with E-state index in [2.05, 4.69) is 34.6 Å². The Hall–Kier alpha value is -3.56. The summed E-state index contributed by atoms with van der Waals surface area (Å²) in [4.78, 5) is 20.4. The summed E-state index contributed by atoms with van der Waals surface area (Å²) in [5.41, 5.74) is 12.0. The smallest absolute Gasteiger partial charge is 0.242 e. The lowest BCUT2D eigenvalue weighted by Gasteiger charge is -2.31. The Labute approximate surface area is 266 Å². The van der Waals surface area contributed by atoms with Gasteiger partial charge in [0, 0.05) is 29.6 Å². The van der Waals surface area contributed by atoms with Crippen molar-refractivity contribution in [3.8, 4) is 17.2 Å². The standard InChI is InChI=1S/C34H39FN6O3S/c1-19-12-34(8-4-10-41(34)14-19)17-44-18-39-32(40-27-5-3-9-38-33(27)42)22-11-20(2)28(25-16-43-15-24(22)25)21-6-7-26(35)30-29(21)23(13-36)31(37)45-30/h6-7,11,19,27H,3-5,8-10,12,14-18,37H2,1-2H3,(H,38,42)(H,39,40). The van der Waals surface area contributed by atoms with Crippen molar-refractivity contribution < 1.29 is 18.7 Å². The molecule has 3 aromatic rings. The monoisotopic (exact) mass is 630 g/mol. The van der Waals surface area contributed by atoms with Crippen LogP contribution in [-0.4, -0.2) is 61.2 Å². The molecular formula is C34H39FN6O3S. The number of ether oxygens (including phenoxy) is 2. The average molecular weight is 631 g/mol. The summed E-state index contributed by atoms with van der Waals surface area (Å²) in [5, 5.41) is 17.2. The molecule has 0 saturated carbocycles. The number of carbonyl (C=O) groups excluding carboxylic acids is 1. The third-order valence-electron chi connectivity index (χ3n) is 9.98. The van der Waals surface area contributed by atoms with Gasteiger partial charge in [0.15, 0.2) is 0 Å². The summed E-state index contributed by atoms with van der Waals surface area (Å²) in [6.07, 6.45) is 5.10. The molecule has 3 atom stereocenters. The molecule has 1 amide bonds. The third-order valence-corrected chi connectivity index (χ3v) is 11.0. The van der Waals surface area contributed by atoms with Crippen LogP contribution in [0.2, 0.25) is 0 Å². The van der Waals surface area contributed by atoms with Gasteiger partial charge in [-0.25, -0.2) is 9.38 Å². The lowest BCUT2D eigenvalue weighted by Crippen LogP contribution is -2.50. The fourth-order valence-electron chi connectivity index (χ4n) is 8.05. The van der Waals surface area contributed by atoms with Gasteiger partial charge in [-0.1, -0.05) is 13.0 Å². The van der Waals surface area contributed by atoms with Crippen molar-refractivity contribution in [3.63, 3.8) is 0 Å². The number of nitriles is 1. The van der Waals surface area contributed by atoms with Crippen molar-refractivity contribution in [3.05, 3.63) is 51.8 Å². The van der Waals surface area contributed by atoms with Crippen LogP contribution < -0.4 is 16.4 Å². The summed E-state index contributed by atoms with van der Waals surface area (Å²) in [7, 11) is 0. The molecule has 3 fully saturated rings. The second-order valence-electron chi connectivity index (χ2n) is 13.0. The molecule has 3 saturated heterocycles. The van der Waals surface area contributed by atoms with Crippen LogP contribution in [0.25, 0.3) is 21.2 Å². The molecule has 2 aromatic carbocycles. The number of thiophene rings is 1. The number of hydrogen-bond acceptors (Lipinski definition) is 8. The summed E-state index contributed by atoms with van der Waals surface area (Å²) in [6.45, 7) is 8.80. The van der Waals surface area contributed by atoms with E-state index in [0.29, 0.717) is 65.2 Å². The van der Waals surface area contributed by atoms with Crippen molar-refractivity contribution in [1.29, 1.82) is 5.26 Å². The predicted octanol–water partition coefficient (Wildman–Crippen LogP) is 4.96. The minimum atomic E-state index is -0.404. The van der Waals surface area contributed by atoms with Gasteiger partial charge in [-0.3, -0.25) is 9.69 Å². The number of aliphatic imine (C=N–C) groups is 1. The number of aryl methyl sites for hydroxylation is 1. The van der Waals surface area contributed by atoms with E-state index in [4.69, 9.17) is 20.2 Å². The topological polar surface area (TPSA) is 125 Å². The van der Waals surface area contributed by atoms with Crippen LogP contribution in [0.4, 0.5) is 9.39 Å². The maximum atomic E-state index is 14.9. The molecule has 0 radical (unpaired) electrons. The first-order valence-electron chi connectivity index (χ1n) is 15.9. The van der Waals surface area contributed by atoms with E-state index in [9.17, 15) is 14.4 Å². The highest BCUT2D eigenvalue weighted by atomic mass is 32.1. The number of halogens is 1. The van der Waals surface area contributed by atoms with Crippen LogP contribution in [0.3, 0.4) is 0 Å². The largest absolute Gasteiger partial charge is 0.389 e. The van der Waals surface area contributed by atoms with Gasteiger partial charge in [-0.05, 0) is 91.4 Å². The van der Waals surface area contributed by atoms with Crippen molar-refractivity contribution in [1.82, 2.24) is 15.5 Å². The predicted molar refractivity (Wildman–Crippen MR) is 173 cm³/mol. The number of amides is 1. The van der Waals surface area contributed by atoms with Crippen LogP contribution in [0, 0.1) is 30.0 Å². The van der Waals surface area contributed by atoms with E-state index in [1.165, 1.54) is 12.5 Å². The van der Waals surface area contributed by atoms with Gasteiger partial charge in [0.25, 0.3) is 0 Å². The number of fused-ring (bicyclic) bond motifs is 3. The Bertz CT molecular complexity index is 1750. The highest BCUT2D eigenvalue weighted by Gasteiger charge is 2.47. The second kappa shape index (κ2) is 12.0. The number of piperidine rings is 1. The van der Waals surface area contributed by atoms with Gasteiger partial charge in [0.05, 0.1) is 30.1 Å². The van der Waals surface area contributed by atoms with Gasteiger partial charge in [-0.2, -0.15) is 5.26 Å². The van der Waals surface area contributed by atoms with Gasteiger partial charge in [0.1, 0.15) is 35.5 Å². The van der Waals surface area contributed by atoms with Crippen LogP contribution >= 0.6 is 11.3 Å². The molecule has 4 aliphatic rings. The number of hydrogen-bond donors (Lipinski definition) is 3. The first kappa shape index (κ1) is 30.1. The molecule has 4 N–H and O–H groups in total. The first-order chi connectivity index (χ1) is 21.8. The van der Waals surface area contributed by atoms with Crippen LogP contribution in [0.5, 0.6) is 0 Å². The lowest BCUT2D eigenvalue weighted by molar-refractivity contribution is -0.124. The molecular weight excluding hydrogens is 591 g/mol.